The first kappa shape index (κ1) is 19.8. The van der Waals surface area contributed by atoms with E-state index in [1.165, 1.54) is 66.1 Å². The Kier molecular flexibility index (Phi) is 4.55. The van der Waals surface area contributed by atoms with E-state index in [1.54, 1.807) is 0 Å². The summed E-state index contributed by atoms with van der Waals surface area (Å²) in [7, 11) is 0. The van der Waals surface area contributed by atoms with Crippen molar-refractivity contribution in [2.75, 3.05) is 0 Å². The van der Waals surface area contributed by atoms with Crippen LogP contribution in [0.2, 0.25) is 0 Å². The lowest BCUT2D eigenvalue weighted by atomic mass is 9.92. The van der Waals surface area contributed by atoms with Crippen molar-refractivity contribution >= 4 is 32.7 Å². The third-order valence-electron chi connectivity index (χ3n) is 7.03. The van der Waals surface area contributed by atoms with Gasteiger partial charge in [-0.2, -0.15) is 0 Å². The third-order valence-corrected chi connectivity index (χ3v) is 7.03. The second-order valence-corrected chi connectivity index (χ2v) is 8.84. The molecular formula is C33H26. The molecule has 0 aromatic heterocycles. The molecule has 2 aliphatic carbocycles. The van der Waals surface area contributed by atoms with E-state index >= 15 is 0 Å². The number of hydrogen-bond donors (Lipinski definition) is 0. The van der Waals surface area contributed by atoms with Crippen molar-refractivity contribution in [3.8, 4) is 22.3 Å². The Balaban J connectivity index is 0.00000206. The van der Waals surface area contributed by atoms with Gasteiger partial charge in [0.1, 0.15) is 0 Å². The average Bonchev–Trinajstić information content (AvgIpc) is 3.20. The Bertz CT molecular complexity index is 1580. The van der Waals surface area contributed by atoms with E-state index < -0.39 is 0 Å². The van der Waals surface area contributed by atoms with E-state index in [0.29, 0.717) is 0 Å². The first-order valence-corrected chi connectivity index (χ1v) is 11.4. The highest BCUT2D eigenvalue weighted by Crippen LogP contribution is 2.49. The first-order valence-electron chi connectivity index (χ1n) is 11.4. The molecule has 0 heteroatoms. The van der Waals surface area contributed by atoms with E-state index in [9.17, 15) is 0 Å². The molecule has 0 atom stereocenters. The Labute approximate surface area is 195 Å². The molecule has 0 bridgehead atoms. The van der Waals surface area contributed by atoms with Crippen molar-refractivity contribution in [1.29, 1.82) is 0 Å². The van der Waals surface area contributed by atoms with E-state index in [-0.39, 0.29) is 7.43 Å². The zero-order valence-corrected chi connectivity index (χ0v) is 17.8. The van der Waals surface area contributed by atoms with Gasteiger partial charge in [-0.25, -0.2) is 0 Å². The van der Waals surface area contributed by atoms with Gasteiger partial charge in [0.15, 0.2) is 0 Å². The van der Waals surface area contributed by atoms with Gasteiger partial charge in [-0.15, -0.1) is 0 Å². The maximum atomic E-state index is 2.42. The predicted molar refractivity (Wildman–Crippen MR) is 144 cm³/mol. The highest BCUT2D eigenvalue weighted by atomic mass is 14.3. The summed E-state index contributed by atoms with van der Waals surface area (Å²) in [5.41, 5.74) is 10.8. The molecule has 0 heterocycles. The molecule has 0 spiro atoms. The standard InChI is InChI=1S/C32H22.CH4/c1-2-8-22-19-24(16-15-21(22)7-1)23-9-5-10-25(20-23)26-17-18-31-28-12-4-3-11-27(28)30-14-6-13-29(26)32(30)31;/h1-2,5-20H,3-4H2;1H4. The van der Waals surface area contributed by atoms with Gasteiger partial charge in [0.25, 0.3) is 0 Å². The highest BCUT2D eigenvalue weighted by molar-refractivity contribution is 6.24. The largest absolute Gasteiger partial charge is 0.0776 e. The lowest BCUT2D eigenvalue weighted by molar-refractivity contribution is 1.05. The normalized spacial score (nSPS) is 13.9. The Morgan fingerprint density at radius 2 is 1.12 bits per heavy atom. The number of benzene rings is 5. The minimum absolute atomic E-state index is 0. The van der Waals surface area contributed by atoms with Crippen LogP contribution < -0.4 is 0 Å². The summed E-state index contributed by atoms with van der Waals surface area (Å²) in [5, 5.41) is 5.34. The first-order chi connectivity index (χ1) is 15.9. The zero-order valence-electron chi connectivity index (χ0n) is 17.8. The summed E-state index contributed by atoms with van der Waals surface area (Å²) in [6, 6.07) is 35.8. The van der Waals surface area contributed by atoms with Crippen molar-refractivity contribution in [3.63, 3.8) is 0 Å². The average molecular weight is 423 g/mol. The summed E-state index contributed by atoms with van der Waals surface area (Å²) in [5.74, 6) is 0. The van der Waals surface area contributed by atoms with Gasteiger partial charge in [-0.1, -0.05) is 105 Å². The SMILES string of the molecule is C.C1=C2C(=CCC1)c1ccc(-c3cccc(-c4ccc5ccccc5c4)c3)c3cccc2c13. The summed E-state index contributed by atoms with van der Waals surface area (Å²) in [4.78, 5) is 0. The van der Waals surface area contributed by atoms with Gasteiger partial charge in [0.2, 0.25) is 0 Å². The molecule has 0 fully saturated rings. The van der Waals surface area contributed by atoms with Crippen LogP contribution in [0.15, 0.2) is 109 Å². The monoisotopic (exact) mass is 422 g/mol. The fourth-order valence-electron chi connectivity index (χ4n) is 5.53. The number of allylic oxidation sites excluding steroid dienone is 4. The Hall–Kier alpha value is -3.90. The summed E-state index contributed by atoms with van der Waals surface area (Å²) in [6.07, 6.45) is 7.13. The smallest absolute Gasteiger partial charge is 0.00204 e. The van der Waals surface area contributed by atoms with Crippen LogP contribution in [0.3, 0.4) is 0 Å². The Morgan fingerprint density at radius 1 is 0.455 bits per heavy atom. The molecule has 2 aliphatic rings. The third kappa shape index (κ3) is 2.98. The Morgan fingerprint density at radius 3 is 1.97 bits per heavy atom. The van der Waals surface area contributed by atoms with Crippen molar-refractivity contribution < 1.29 is 0 Å². The maximum absolute atomic E-state index is 2.42. The van der Waals surface area contributed by atoms with Gasteiger partial charge in [0, 0.05) is 0 Å². The highest BCUT2D eigenvalue weighted by Gasteiger charge is 2.26. The molecule has 0 N–H and O–H groups in total. The maximum Gasteiger partial charge on any atom is -0.00204 e. The lowest BCUT2D eigenvalue weighted by Gasteiger charge is -2.11. The van der Waals surface area contributed by atoms with Crippen LogP contribution in [-0.4, -0.2) is 0 Å². The molecule has 0 unspecified atom stereocenters. The molecule has 0 amide bonds. The second-order valence-electron chi connectivity index (χ2n) is 8.84. The molecule has 0 saturated carbocycles. The van der Waals surface area contributed by atoms with Crippen LogP contribution in [0.5, 0.6) is 0 Å². The van der Waals surface area contributed by atoms with Crippen molar-refractivity contribution in [1.82, 2.24) is 0 Å². The minimum atomic E-state index is 0. The number of fused-ring (bicyclic) bond motifs is 4. The van der Waals surface area contributed by atoms with Crippen molar-refractivity contribution in [3.05, 3.63) is 120 Å². The van der Waals surface area contributed by atoms with Gasteiger partial charge in [-0.05, 0) is 91.0 Å². The fraction of sp³-hybridized carbons (Fsp3) is 0.0909. The molecule has 33 heavy (non-hydrogen) atoms. The van der Waals surface area contributed by atoms with Gasteiger partial charge < -0.3 is 0 Å². The summed E-state index contributed by atoms with van der Waals surface area (Å²) < 4.78 is 0. The number of rotatable bonds is 2. The molecule has 0 radical (unpaired) electrons. The molecule has 5 aromatic rings. The lowest BCUT2D eigenvalue weighted by Crippen LogP contribution is -1.87. The molecule has 7 rings (SSSR count). The van der Waals surface area contributed by atoms with E-state index in [0.717, 1.165) is 12.8 Å². The summed E-state index contributed by atoms with van der Waals surface area (Å²) in [6.45, 7) is 0. The topological polar surface area (TPSA) is 0 Å². The molecular weight excluding hydrogens is 396 g/mol. The van der Waals surface area contributed by atoms with Crippen LogP contribution >= 0.6 is 0 Å². The van der Waals surface area contributed by atoms with Crippen LogP contribution in [-0.2, 0) is 0 Å². The van der Waals surface area contributed by atoms with Crippen LogP contribution in [0.4, 0.5) is 0 Å². The van der Waals surface area contributed by atoms with Crippen molar-refractivity contribution in [2.45, 2.75) is 20.3 Å². The molecule has 0 saturated heterocycles. The van der Waals surface area contributed by atoms with Crippen LogP contribution in [0.1, 0.15) is 31.4 Å². The zero-order chi connectivity index (χ0) is 21.1. The fourth-order valence-corrected chi connectivity index (χ4v) is 5.53. The quantitative estimate of drug-likeness (QED) is 0.266. The summed E-state index contributed by atoms with van der Waals surface area (Å²) >= 11 is 0. The van der Waals surface area contributed by atoms with Crippen LogP contribution in [0, 0.1) is 0 Å². The van der Waals surface area contributed by atoms with Crippen LogP contribution in [0.25, 0.3) is 54.9 Å². The van der Waals surface area contributed by atoms with E-state index in [4.69, 9.17) is 0 Å². The van der Waals surface area contributed by atoms with Gasteiger partial charge in [-0.3, -0.25) is 0 Å². The predicted octanol–water partition coefficient (Wildman–Crippen LogP) is 9.54. The van der Waals surface area contributed by atoms with E-state index in [1.807, 2.05) is 0 Å². The number of hydrogen-bond acceptors (Lipinski definition) is 0. The second kappa shape index (κ2) is 7.60. The minimum Gasteiger partial charge on any atom is -0.0776 e. The van der Waals surface area contributed by atoms with Crippen molar-refractivity contribution in [2.24, 2.45) is 0 Å². The van der Waals surface area contributed by atoms with Gasteiger partial charge >= 0.3 is 0 Å². The molecule has 5 aromatic carbocycles. The van der Waals surface area contributed by atoms with E-state index in [2.05, 4.69) is 109 Å². The van der Waals surface area contributed by atoms with Gasteiger partial charge in [0.05, 0.1) is 0 Å². The molecule has 158 valence electrons. The molecule has 0 nitrogen and oxygen atoms in total. The molecule has 0 aliphatic heterocycles.